The lowest BCUT2D eigenvalue weighted by Gasteiger charge is -2.31. The van der Waals surface area contributed by atoms with Crippen molar-refractivity contribution in [3.8, 4) is 22.9 Å². The summed E-state index contributed by atoms with van der Waals surface area (Å²) in [6.07, 6.45) is 1.35. The zero-order chi connectivity index (χ0) is 21.6. The van der Waals surface area contributed by atoms with E-state index in [-0.39, 0.29) is 5.92 Å². The van der Waals surface area contributed by atoms with Gasteiger partial charge in [0.05, 0.1) is 19.8 Å². The quantitative estimate of drug-likeness (QED) is 0.585. The molecule has 1 unspecified atom stereocenters. The first-order valence-electron chi connectivity index (χ1n) is 10.8. The van der Waals surface area contributed by atoms with Gasteiger partial charge in [0.1, 0.15) is 11.5 Å². The van der Waals surface area contributed by atoms with E-state index < -0.39 is 6.10 Å². The highest BCUT2D eigenvalue weighted by molar-refractivity contribution is 5.55. The summed E-state index contributed by atoms with van der Waals surface area (Å²) in [5.41, 5.74) is 1.82. The standard InChI is InChI=1S/C24H29N3O4/c1-3-30-21-10-4-17(5-11-21)22(28)16-27-14-12-19(13-15-27)24-25-23(26-31-24)18-6-8-20(29-2)9-7-18/h4-11,19,22,28H,3,12-16H2,1-2H3. The molecule has 1 N–H and O–H groups in total. The van der Waals surface area contributed by atoms with Gasteiger partial charge in [-0.2, -0.15) is 4.98 Å². The minimum Gasteiger partial charge on any atom is -0.497 e. The Bertz CT molecular complexity index is 948. The normalized spacial score (nSPS) is 16.2. The number of aliphatic hydroxyl groups is 1. The Balaban J connectivity index is 1.30. The van der Waals surface area contributed by atoms with Crippen molar-refractivity contribution < 1.29 is 19.1 Å². The van der Waals surface area contributed by atoms with Crippen LogP contribution in [0.1, 0.15) is 43.2 Å². The minimum atomic E-state index is -0.516. The van der Waals surface area contributed by atoms with Crippen LogP contribution in [0.5, 0.6) is 11.5 Å². The van der Waals surface area contributed by atoms with Crippen molar-refractivity contribution in [2.24, 2.45) is 0 Å². The molecular weight excluding hydrogens is 394 g/mol. The highest BCUT2D eigenvalue weighted by Crippen LogP contribution is 2.30. The SMILES string of the molecule is CCOc1ccc(C(O)CN2CCC(c3nc(-c4ccc(OC)cc4)no3)CC2)cc1. The molecule has 1 saturated heterocycles. The summed E-state index contributed by atoms with van der Waals surface area (Å²) in [6, 6.07) is 15.3. The van der Waals surface area contributed by atoms with Gasteiger partial charge in [0.15, 0.2) is 0 Å². The zero-order valence-electron chi connectivity index (χ0n) is 18.0. The van der Waals surface area contributed by atoms with Crippen molar-refractivity contribution in [1.82, 2.24) is 15.0 Å². The van der Waals surface area contributed by atoms with Crippen LogP contribution < -0.4 is 9.47 Å². The molecule has 1 aromatic heterocycles. The fourth-order valence-corrected chi connectivity index (χ4v) is 3.92. The largest absolute Gasteiger partial charge is 0.497 e. The minimum absolute atomic E-state index is 0.248. The second-order valence-electron chi connectivity index (χ2n) is 7.78. The number of hydrogen-bond donors (Lipinski definition) is 1. The Labute approximate surface area is 182 Å². The molecule has 2 heterocycles. The van der Waals surface area contributed by atoms with Gasteiger partial charge in [-0.05, 0) is 74.8 Å². The first kappa shape index (κ1) is 21.3. The summed E-state index contributed by atoms with van der Waals surface area (Å²) in [6.45, 7) is 4.98. The van der Waals surface area contributed by atoms with Crippen molar-refractivity contribution in [2.45, 2.75) is 31.8 Å². The number of piperidine rings is 1. The topological polar surface area (TPSA) is 80.9 Å². The van der Waals surface area contributed by atoms with Gasteiger partial charge in [0.2, 0.25) is 11.7 Å². The van der Waals surface area contributed by atoms with E-state index in [4.69, 9.17) is 14.0 Å². The summed E-state index contributed by atoms with van der Waals surface area (Å²) >= 11 is 0. The highest BCUT2D eigenvalue weighted by atomic mass is 16.5. The Morgan fingerprint density at radius 3 is 2.39 bits per heavy atom. The number of nitrogens with zero attached hydrogens (tertiary/aromatic N) is 3. The molecule has 0 saturated carbocycles. The number of β-amino-alcohol motifs (C(OH)–C–C–N with tert-alkyl or cyclic N) is 1. The van der Waals surface area contributed by atoms with Crippen LogP contribution in [0.15, 0.2) is 53.1 Å². The Kier molecular flexibility index (Phi) is 6.84. The lowest BCUT2D eigenvalue weighted by molar-refractivity contribution is 0.0941. The predicted molar refractivity (Wildman–Crippen MR) is 117 cm³/mol. The maximum Gasteiger partial charge on any atom is 0.230 e. The average molecular weight is 424 g/mol. The van der Waals surface area contributed by atoms with E-state index in [0.29, 0.717) is 24.9 Å². The number of aliphatic hydroxyl groups excluding tert-OH is 1. The Morgan fingerprint density at radius 2 is 1.74 bits per heavy atom. The van der Waals surface area contributed by atoms with Gasteiger partial charge >= 0.3 is 0 Å². The van der Waals surface area contributed by atoms with Crippen molar-refractivity contribution in [1.29, 1.82) is 0 Å². The van der Waals surface area contributed by atoms with E-state index in [0.717, 1.165) is 48.6 Å². The van der Waals surface area contributed by atoms with E-state index in [1.54, 1.807) is 7.11 Å². The fourth-order valence-electron chi connectivity index (χ4n) is 3.92. The molecule has 7 heteroatoms. The lowest BCUT2D eigenvalue weighted by atomic mass is 9.96. The van der Waals surface area contributed by atoms with E-state index in [1.807, 2.05) is 55.5 Å². The van der Waals surface area contributed by atoms with Crippen molar-refractivity contribution in [2.75, 3.05) is 33.4 Å². The van der Waals surface area contributed by atoms with Crippen molar-refractivity contribution in [3.63, 3.8) is 0 Å². The molecular formula is C24H29N3O4. The summed E-state index contributed by atoms with van der Waals surface area (Å²) < 4.78 is 16.2. The number of hydrogen-bond acceptors (Lipinski definition) is 7. The highest BCUT2D eigenvalue weighted by Gasteiger charge is 2.26. The average Bonchev–Trinajstić information content (AvgIpc) is 3.31. The van der Waals surface area contributed by atoms with Gasteiger partial charge < -0.3 is 24.0 Å². The van der Waals surface area contributed by atoms with Gasteiger partial charge in [-0.25, -0.2) is 0 Å². The molecule has 1 aliphatic rings. The molecule has 7 nitrogen and oxygen atoms in total. The fraction of sp³-hybridized carbons (Fsp3) is 0.417. The molecule has 0 aliphatic carbocycles. The molecule has 0 spiro atoms. The van der Waals surface area contributed by atoms with Gasteiger partial charge in [-0.15, -0.1) is 0 Å². The number of benzene rings is 2. The van der Waals surface area contributed by atoms with Gasteiger partial charge in [0.25, 0.3) is 0 Å². The molecule has 0 amide bonds. The van der Waals surface area contributed by atoms with Gasteiger partial charge in [0, 0.05) is 18.0 Å². The molecule has 1 aliphatic heterocycles. The number of methoxy groups -OCH3 is 1. The van der Waals surface area contributed by atoms with Crippen LogP contribution in [0.4, 0.5) is 0 Å². The van der Waals surface area contributed by atoms with Crippen LogP contribution in [-0.2, 0) is 0 Å². The van der Waals surface area contributed by atoms with Crippen LogP contribution in [0.3, 0.4) is 0 Å². The number of likely N-dealkylation sites (tertiary alicyclic amines) is 1. The van der Waals surface area contributed by atoms with Crippen LogP contribution >= 0.6 is 0 Å². The smallest absolute Gasteiger partial charge is 0.230 e. The molecule has 0 bridgehead atoms. The third-order valence-electron chi connectivity index (χ3n) is 5.73. The van der Waals surface area contributed by atoms with E-state index >= 15 is 0 Å². The van der Waals surface area contributed by atoms with Gasteiger partial charge in [-0.1, -0.05) is 17.3 Å². The van der Waals surface area contributed by atoms with Gasteiger partial charge in [-0.3, -0.25) is 0 Å². The van der Waals surface area contributed by atoms with Crippen molar-refractivity contribution >= 4 is 0 Å². The monoisotopic (exact) mass is 423 g/mol. The lowest BCUT2D eigenvalue weighted by Crippen LogP contribution is -2.36. The molecule has 0 radical (unpaired) electrons. The molecule has 3 aromatic rings. The third kappa shape index (κ3) is 5.24. The molecule has 4 rings (SSSR count). The van der Waals surface area contributed by atoms with E-state index in [2.05, 4.69) is 15.0 Å². The summed E-state index contributed by atoms with van der Waals surface area (Å²) in [4.78, 5) is 6.91. The van der Waals surface area contributed by atoms with Crippen LogP contribution in [0.2, 0.25) is 0 Å². The predicted octanol–water partition coefficient (Wildman–Crippen LogP) is 4.06. The number of rotatable bonds is 8. The molecule has 2 aromatic carbocycles. The maximum absolute atomic E-state index is 10.6. The molecule has 1 fully saturated rings. The van der Waals surface area contributed by atoms with Crippen molar-refractivity contribution in [3.05, 3.63) is 60.0 Å². The molecule has 1 atom stereocenters. The van der Waals surface area contributed by atoms with E-state index in [1.165, 1.54) is 0 Å². The zero-order valence-corrected chi connectivity index (χ0v) is 18.0. The summed E-state index contributed by atoms with van der Waals surface area (Å²) in [5, 5.41) is 14.8. The first-order valence-corrected chi connectivity index (χ1v) is 10.8. The molecule has 164 valence electrons. The third-order valence-corrected chi connectivity index (χ3v) is 5.73. The van der Waals surface area contributed by atoms with E-state index in [9.17, 15) is 5.11 Å². The Morgan fingerprint density at radius 1 is 1.06 bits per heavy atom. The second kappa shape index (κ2) is 9.94. The Hall–Kier alpha value is -2.90. The second-order valence-corrected chi connectivity index (χ2v) is 7.78. The van der Waals surface area contributed by atoms with Crippen LogP contribution in [0.25, 0.3) is 11.4 Å². The maximum atomic E-state index is 10.6. The van der Waals surface area contributed by atoms with Crippen LogP contribution in [0, 0.1) is 0 Å². The van der Waals surface area contributed by atoms with Crippen LogP contribution in [-0.4, -0.2) is 53.5 Å². The first-order chi connectivity index (χ1) is 15.2. The molecule has 31 heavy (non-hydrogen) atoms. The summed E-state index contributed by atoms with van der Waals surface area (Å²) in [7, 11) is 1.64. The number of ether oxygens (including phenoxy) is 2. The number of aromatic nitrogens is 2. The summed E-state index contributed by atoms with van der Waals surface area (Å²) in [5.74, 6) is 3.17.